The standard InChI is InChI=1S/C26H25ClN2O4/c1-3-14-32-23-12-10-20(15-22(23)27)17-28-29-26(30)21-11-13-24(25(16-21)31-4-2)33-18-19-8-6-5-7-9-19/h3,5-13,15-17H,1,4,14,18H2,2H3,(H,29,30)/b28-17+. The molecule has 0 aromatic heterocycles. The van der Waals surface area contributed by atoms with Crippen LogP contribution in [0.3, 0.4) is 0 Å². The van der Waals surface area contributed by atoms with E-state index in [1.165, 1.54) is 6.21 Å². The van der Waals surface area contributed by atoms with Crippen LogP contribution in [-0.4, -0.2) is 25.3 Å². The summed E-state index contributed by atoms with van der Waals surface area (Å²) in [6.07, 6.45) is 3.14. The second-order valence-electron chi connectivity index (χ2n) is 6.86. The summed E-state index contributed by atoms with van der Waals surface area (Å²) in [6.45, 7) is 6.68. The van der Waals surface area contributed by atoms with Crippen LogP contribution in [0.4, 0.5) is 0 Å². The Kier molecular flexibility index (Phi) is 8.91. The Morgan fingerprint density at radius 1 is 1.00 bits per heavy atom. The van der Waals surface area contributed by atoms with Crippen molar-refractivity contribution >= 4 is 23.7 Å². The van der Waals surface area contributed by atoms with Crippen LogP contribution in [0, 0.1) is 0 Å². The van der Waals surface area contributed by atoms with Crippen LogP contribution in [0.25, 0.3) is 0 Å². The van der Waals surface area contributed by atoms with Crippen LogP contribution >= 0.6 is 11.6 Å². The normalized spacial score (nSPS) is 10.6. The number of rotatable bonds is 11. The number of halogens is 1. The molecule has 0 radical (unpaired) electrons. The van der Waals surface area contributed by atoms with Crippen molar-refractivity contribution in [2.75, 3.05) is 13.2 Å². The third kappa shape index (κ3) is 7.12. The summed E-state index contributed by atoms with van der Waals surface area (Å²) in [5.41, 5.74) is 4.66. The Labute approximate surface area is 198 Å². The van der Waals surface area contributed by atoms with Gasteiger partial charge in [-0.3, -0.25) is 4.79 Å². The van der Waals surface area contributed by atoms with E-state index in [4.69, 9.17) is 25.8 Å². The minimum atomic E-state index is -0.376. The zero-order chi connectivity index (χ0) is 23.5. The van der Waals surface area contributed by atoms with Gasteiger partial charge in [-0.15, -0.1) is 0 Å². The first kappa shape index (κ1) is 23.9. The van der Waals surface area contributed by atoms with Crippen molar-refractivity contribution in [1.29, 1.82) is 0 Å². The average Bonchev–Trinajstić information content (AvgIpc) is 2.83. The summed E-state index contributed by atoms with van der Waals surface area (Å²) in [6, 6.07) is 20.1. The van der Waals surface area contributed by atoms with E-state index >= 15 is 0 Å². The molecule has 0 spiro atoms. The highest BCUT2D eigenvalue weighted by Crippen LogP contribution is 2.29. The molecule has 0 aliphatic rings. The number of benzene rings is 3. The molecule has 6 nitrogen and oxygen atoms in total. The van der Waals surface area contributed by atoms with Crippen molar-refractivity contribution in [3.05, 3.63) is 101 Å². The maximum absolute atomic E-state index is 12.5. The van der Waals surface area contributed by atoms with Gasteiger partial charge >= 0.3 is 0 Å². The Bertz CT molecular complexity index is 1120. The second kappa shape index (κ2) is 12.3. The number of hydrazone groups is 1. The predicted molar refractivity (Wildman–Crippen MR) is 131 cm³/mol. The monoisotopic (exact) mass is 464 g/mol. The molecule has 0 unspecified atom stereocenters. The maximum atomic E-state index is 12.5. The van der Waals surface area contributed by atoms with Crippen molar-refractivity contribution in [3.8, 4) is 17.2 Å². The first-order valence-electron chi connectivity index (χ1n) is 10.4. The number of nitrogens with one attached hydrogen (secondary N) is 1. The largest absolute Gasteiger partial charge is 0.490 e. The topological polar surface area (TPSA) is 69.2 Å². The van der Waals surface area contributed by atoms with Crippen molar-refractivity contribution in [3.63, 3.8) is 0 Å². The molecule has 3 rings (SSSR count). The van der Waals surface area contributed by atoms with E-state index in [1.54, 1.807) is 42.5 Å². The van der Waals surface area contributed by atoms with Crippen molar-refractivity contribution in [1.82, 2.24) is 5.43 Å². The van der Waals surface area contributed by atoms with Gasteiger partial charge in [-0.05, 0) is 54.4 Å². The van der Waals surface area contributed by atoms with Gasteiger partial charge in [0.15, 0.2) is 11.5 Å². The molecular weight excluding hydrogens is 440 g/mol. The van der Waals surface area contributed by atoms with Gasteiger partial charge in [0.1, 0.15) is 19.0 Å². The molecule has 0 bridgehead atoms. The van der Waals surface area contributed by atoms with Crippen molar-refractivity contribution in [2.45, 2.75) is 13.5 Å². The highest BCUT2D eigenvalue weighted by molar-refractivity contribution is 6.32. The van der Waals surface area contributed by atoms with Gasteiger partial charge in [0.2, 0.25) is 0 Å². The van der Waals surface area contributed by atoms with Gasteiger partial charge < -0.3 is 14.2 Å². The fourth-order valence-corrected chi connectivity index (χ4v) is 3.11. The molecule has 0 saturated carbocycles. The molecule has 170 valence electrons. The van der Waals surface area contributed by atoms with Gasteiger partial charge in [0.05, 0.1) is 17.8 Å². The third-order valence-corrected chi connectivity index (χ3v) is 4.73. The van der Waals surface area contributed by atoms with Gasteiger partial charge in [-0.1, -0.05) is 54.6 Å². The molecule has 33 heavy (non-hydrogen) atoms. The van der Waals surface area contributed by atoms with E-state index in [0.29, 0.717) is 53.2 Å². The molecule has 7 heteroatoms. The Balaban J connectivity index is 1.63. The van der Waals surface area contributed by atoms with Gasteiger partial charge in [-0.25, -0.2) is 5.43 Å². The first-order chi connectivity index (χ1) is 16.1. The zero-order valence-corrected chi connectivity index (χ0v) is 19.0. The SMILES string of the molecule is C=CCOc1ccc(/C=N/NC(=O)c2ccc(OCc3ccccc3)c(OCC)c2)cc1Cl. The quantitative estimate of drug-likeness (QED) is 0.226. The molecular formula is C26H25ClN2O4. The summed E-state index contributed by atoms with van der Waals surface area (Å²) >= 11 is 6.20. The lowest BCUT2D eigenvalue weighted by Gasteiger charge is -2.13. The van der Waals surface area contributed by atoms with Crippen LogP contribution < -0.4 is 19.6 Å². The maximum Gasteiger partial charge on any atom is 0.271 e. The van der Waals surface area contributed by atoms with E-state index in [1.807, 2.05) is 37.3 Å². The van der Waals surface area contributed by atoms with Gasteiger partial charge in [0.25, 0.3) is 5.91 Å². The zero-order valence-electron chi connectivity index (χ0n) is 18.3. The summed E-state index contributed by atoms with van der Waals surface area (Å²) in [5.74, 6) is 1.23. The molecule has 0 aliphatic heterocycles. The summed E-state index contributed by atoms with van der Waals surface area (Å²) in [7, 11) is 0. The van der Waals surface area contributed by atoms with E-state index in [2.05, 4.69) is 17.1 Å². The summed E-state index contributed by atoms with van der Waals surface area (Å²) in [4.78, 5) is 12.5. The number of nitrogens with zero attached hydrogens (tertiary/aromatic N) is 1. The number of hydrogen-bond donors (Lipinski definition) is 1. The Morgan fingerprint density at radius 3 is 2.52 bits per heavy atom. The number of carbonyl (C=O) groups is 1. The molecule has 0 saturated heterocycles. The van der Waals surface area contributed by atoms with E-state index in [0.717, 1.165) is 5.56 Å². The Hall–Kier alpha value is -3.77. The van der Waals surface area contributed by atoms with Gasteiger partial charge in [-0.2, -0.15) is 5.10 Å². The minimum absolute atomic E-state index is 0.364. The second-order valence-corrected chi connectivity index (χ2v) is 7.26. The molecule has 3 aromatic rings. The van der Waals surface area contributed by atoms with Crippen LogP contribution in [0.2, 0.25) is 5.02 Å². The molecule has 1 amide bonds. The number of ether oxygens (including phenoxy) is 3. The van der Waals surface area contributed by atoms with Crippen molar-refractivity contribution < 1.29 is 19.0 Å². The predicted octanol–water partition coefficient (Wildman–Crippen LogP) is 5.65. The fourth-order valence-electron chi connectivity index (χ4n) is 2.87. The van der Waals surface area contributed by atoms with Crippen LogP contribution in [0.1, 0.15) is 28.4 Å². The van der Waals surface area contributed by atoms with E-state index in [-0.39, 0.29) is 5.91 Å². The highest BCUT2D eigenvalue weighted by atomic mass is 35.5. The average molecular weight is 465 g/mol. The lowest BCUT2D eigenvalue weighted by atomic mass is 10.2. The minimum Gasteiger partial charge on any atom is -0.490 e. The molecule has 0 heterocycles. The molecule has 1 N–H and O–H groups in total. The van der Waals surface area contributed by atoms with Gasteiger partial charge in [0, 0.05) is 5.56 Å². The summed E-state index contributed by atoms with van der Waals surface area (Å²) < 4.78 is 17.0. The highest BCUT2D eigenvalue weighted by Gasteiger charge is 2.12. The summed E-state index contributed by atoms with van der Waals surface area (Å²) in [5, 5.41) is 4.46. The molecule has 0 atom stereocenters. The smallest absolute Gasteiger partial charge is 0.271 e. The van der Waals surface area contributed by atoms with Crippen molar-refractivity contribution in [2.24, 2.45) is 5.10 Å². The third-order valence-electron chi connectivity index (χ3n) is 4.44. The number of hydrogen-bond acceptors (Lipinski definition) is 5. The number of amides is 1. The fraction of sp³-hybridized carbons (Fsp3) is 0.154. The molecule has 0 aliphatic carbocycles. The molecule has 3 aromatic carbocycles. The van der Waals surface area contributed by atoms with Crippen LogP contribution in [-0.2, 0) is 6.61 Å². The van der Waals surface area contributed by atoms with E-state index in [9.17, 15) is 4.79 Å². The van der Waals surface area contributed by atoms with E-state index < -0.39 is 0 Å². The van der Waals surface area contributed by atoms with Crippen LogP contribution in [0.15, 0.2) is 84.5 Å². The first-order valence-corrected chi connectivity index (χ1v) is 10.8. The lowest BCUT2D eigenvalue weighted by Crippen LogP contribution is -2.17. The Morgan fingerprint density at radius 2 is 1.79 bits per heavy atom. The van der Waals surface area contributed by atoms with Crippen LogP contribution in [0.5, 0.6) is 17.2 Å². The molecule has 0 fully saturated rings. The number of carbonyl (C=O) groups excluding carboxylic acids is 1. The lowest BCUT2D eigenvalue weighted by molar-refractivity contribution is 0.0954.